The van der Waals surface area contributed by atoms with Gasteiger partial charge in [-0.25, -0.2) is 0 Å². The molecule has 0 aliphatic heterocycles. The Bertz CT molecular complexity index is 562. The zero-order valence-corrected chi connectivity index (χ0v) is 11.4. The third kappa shape index (κ3) is 2.66. The van der Waals surface area contributed by atoms with Crippen molar-refractivity contribution in [3.8, 4) is 0 Å². The molecule has 0 saturated carbocycles. The summed E-state index contributed by atoms with van der Waals surface area (Å²) in [5.74, 6) is 0. The maximum Gasteiger partial charge on any atom is 0.0899 e. The van der Waals surface area contributed by atoms with Gasteiger partial charge >= 0.3 is 0 Å². The van der Waals surface area contributed by atoms with Gasteiger partial charge < -0.3 is 5.73 Å². The first kappa shape index (κ1) is 12.9. The standard InChI is InChI=1S/C14H17N3S/c1-10(14(15)18)17(2)9-12-6-3-5-11-7-4-8-16-13(11)12/h3-8,10H,9H2,1-2H3,(H2,15,18). The van der Waals surface area contributed by atoms with Gasteiger partial charge in [-0.1, -0.05) is 36.5 Å². The van der Waals surface area contributed by atoms with Crippen LogP contribution in [0.5, 0.6) is 0 Å². The van der Waals surface area contributed by atoms with Gasteiger partial charge in [-0.3, -0.25) is 9.88 Å². The number of likely N-dealkylation sites (N-methyl/N-ethyl adjacent to an activating group) is 1. The van der Waals surface area contributed by atoms with E-state index in [4.69, 9.17) is 18.0 Å². The van der Waals surface area contributed by atoms with E-state index in [0.29, 0.717) is 4.99 Å². The van der Waals surface area contributed by atoms with Gasteiger partial charge in [0.2, 0.25) is 0 Å². The van der Waals surface area contributed by atoms with Gasteiger partial charge in [0, 0.05) is 18.1 Å². The van der Waals surface area contributed by atoms with Gasteiger partial charge in [0.1, 0.15) is 0 Å². The van der Waals surface area contributed by atoms with E-state index < -0.39 is 0 Å². The molecule has 0 aliphatic rings. The highest BCUT2D eigenvalue weighted by atomic mass is 32.1. The van der Waals surface area contributed by atoms with Crippen LogP contribution in [0, 0.1) is 0 Å². The average Bonchev–Trinajstić information content (AvgIpc) is 2.38. The van der Waals surface area contributed by atoms with E-state index in [1.807, 2.05) is 26.2 Å². The molecule has 0 aliphatic carbocycles. The molecule has 1 aromatic carbocycles. The predicted octanol–water partition coefficient (Wildman–Crippen LogP) is 2.34. The summed E-state index contributed by atoms with van der Waals surface area (Å²) in [4.78, 5) is 7.10. The normalized spacial score (nSPS) is 12.8. The van der Waals surface area contributed by atoms with Gasteiger partial charge in [0.05, 0.1) is 16.5 Å². The molecule has 1 atom stereocenters. The molecular weight excluding hydrogens is 242 g/mol. The summed E-state index contributed by atoms with van der Waals surface area (Å²) in [6, 6.07) is 10.3. The van der Waals surface area contributed by atoms with Crippen LogP contribution in [0.2, 0.25) is 0 Å². The lowest BCUT2D eigenvalue weighted by molar-refractivity contribution is 0.305. The molecule has 1 unspecified atom stereocenters. The van der Waals surface area contributed by atoms with E-state index in [0.717, 1.165) is 17.4 Å². The van der Waals surface area contributed by atoms with Crippen molar-refractivity contribution in [1.82, 2.24) is 9.88 Å². The number of rotatable bonds is 4. The molecule has 18 heavy (non-hydrogen) atoms. The summed E-state index contributed by atoms with van der Waals surface area (Å²) in [5.41, 5.74) is 7.91. The second kappa shape index (κ2) is 5.42. The zero-order chi connectivity index (χ0) is 13.1. The fourth-order valence-corrected chi connectivity index (χ4v) is 2.10. The number of nitrogens with two attached hydrogens (primary N) is 1. The Morgan fingerprint density at radius 3 is 2.83 bits per heavy atom. The fraction of sp³-hybridized carbons (Fsp3) is 0.286. The summed E-state index contributed by atoms with van der Waals surface area (Å²) in [6.07, 6.45) is 1.82. The summed E-state index contributed by atoms with van der Waals surface area (Å²) in [5, 5.41) is 1.16. The Kier molecular flexibility index (Phi) is 3.89. The third-order valence-corrected chi connectivity index (χ3v) is 3.55. The molecule has 0 amide bonds. The van der Waals surface area contributed by atoms with Gasteiger partial charge in [0.25, 0.3) is 0 Å². The highest BCUT2D eigenvalue weighted by molar-refractivity contribution is 7.80. The van der Waals surface area contributed by atoms with Crippen LogP contribution in [-0.2, 0) is 6.54 Å². The number of aromatic nitrogens is 1. The quantitative estimate of drug-likeness (QED) is 0.856. The van der Waals surface area contributed by atoms with Crippen LogP contribution in [0.4, 0.5) is 0 Å². The first-order valence-electron chi connectivity index (χ1n) is 5.92. The molecule has 1 heterocycles. The number of fused-ring (bicyclic) bond motifs is 1. The van der Waals surface area contributed by atoms with E-state index >= 15 is 0 Å². The second-order valence-corrected chi connectivity index (χ2v) is 4.96. The van der Waals surface area contributed by atoms with Crippen LogP contribution >= 0.6 is 12.2 Å². The molecule has 0 spiro atoms. The maximum atomic E-state index is 5.68. The molecule has 4 heteroatoms. The van der Waals surface area contributed by atoms with Crippen LogP contribution in [0.25, 0.3) is 10.9 Å². The van der Waals surface area contributed by atoms with Gasteiger partial charge in [-0.05, 0) is 25.6 Å². The summed E-state index contributed by atoms with van der Waals surface area (Å²) >= 11 is 5.03. The van der Waals surface area contributed by atoms with Crippen molar-refractivity contribution in [2.45, 2.75) is 19.5 Å². The number of hydrogen-bond acceptors (Lipinski definition) is 3. The fourth-order valence-electron chi connectivity index (χ4n) is 1.92. The Labute approximate surface area is 113 Å². The second-order valence-electron chi connectivity index (χ2n) is 4.49. The Balaban J connectivity index is 2.29. The minimum Gasteiger partial charge on any atom is -0.392 e. The van der Waals surface area contributed by atoms with E-state index in [9.17, 15) is 0 Å². The number of benzene rings is 1. The molecule has 0 fully saturated rings. The van der Waals surface area contributed by atoms with Crippen LogP contribution in [0.1, 0.15) is 12.5 Å². The van der Waals surface area contributed by atoms with E-state index in [1.54, 1.807) is 0 Å². The maximum absolute atomic E-state index is 5.68. The largest absolute Gasteiger partial charge is 0.392 e. The van der Waals surface area contributed by atoms with Crippen LogP contribution in [0.3, 0.4) is 0 Å². The third-order valence-electron chi connectivity index (χ3n) is 3.21. The Morgan fingerprint density at radius 1 is 1.39 bits per heavy atom. The van der Waals surface area contributed by atoms with Crippen LogP contribution in [-0.4, -0.2) is 28.0 Å². The highest BCUT2D eigenvalue weighted by Gasteiger charge is 2.13. The number of pyridine rings is 1. The van der Waals surface area contributed by atoms with Crippen LogP contribution in [0.15, 0.2) is 36.5 Å². The molecule has 0 bridgehead atoms. The Morgan fingerprint density at radius 2 is 2.11 bits per heavy atom. The summed E-state index contributed by atoms with van der Waals surface area (Å²) < 4.78 is 0. The molecule has 2 N–H and O–H groups in total. The van der Waals surface area contributed by atoms with Gasteiger partial charge in [0.15, 0.2) is 0 Å². The summed E-state index contributed by atoms with van der Waals surface area (Å²) in [7, 11) is 2.02. The zero-order valence-electron chi connectivity index (χ0n) is 10.6. The molecule has 3 nitrogen and oxygen atoms in total. The average molecular weight is 259 g/mol. The predicted molar refractivity (Wildman–Crippen MR) is 79.5 cm³/mol. The molecule has 0 saturated heterocycles. The lowest BCUT2D eigenvalue weighted by Gasteiger charge is -2.24. The Hall–Kier alpha value is -1.52. The van der Waals surface area contributed by atoms with Crippen molar-refractivity contribution < 1.29 is 0 Å². The van der Waals surface area contributed by atoms with Crippen molar-refractivity contribution in [2.75, 3.05) is 7.05 Å². The highest BCUT2D eigenvalue weighted by Crippen LogP contribution is 2.17. The summed E-state index contributed by atoms with van der Waals surface area (Å²) in [6.45, 7) is 2.80. The van der Waals surface area contributed by atoms with E-state index in [1.165, 1.54) is 5.56 Å². The molecule has 0 radical (unpaired) electrons. The van der Waals surface area contributed by atoms with Crippen LogP contribution < -0.4 is 5.73 Å². The molecule has 2 aromatic rings. The number of para-hydroxylation sites is 1. The number of thiocarbonyl (C=S) groups is 1. The van der Waals surface area contributed by atoms with E-state index in [2.05, 4.69) is 34.1 Å². The SMILES string of the molecule is CC(C(N)=S)N(C)Cc1cccc2cccnc12. The van der Waals surface area contributed by atoms with Gasteiger partial charge in [-0.2, -0.15) is 0 Å². The van der Waals surface area contributed by atoms with Crippen molar-refractivity contribution in [3.63, 3.8) is 0 Å². The number of nitrogens with zero attached hydrogens (tertiary/aromatic N) is 2. The molecule has 2 rings (SSSR count). The smallest absolute Gasteiger partial charge is 0.0899 e. The van der Waals surface area contributed by atoms with Crippen molar-refractivity contribution in [3.05, 3.63) is 42.1 Å². The lowest BCUT2D eigenvalue weighted by atomic mass is 10.1. The lowest BCUT2D eigenvalue weighted by Crippen LogP contribution is -2.38. The topological polar surface area (TPSA) is 42.1 Å². The van der Waals surface area contributed by atoms with Crippen molar-refractivity contribution >= 4 is 28.1 Å². The minimum atomic E-state index is 0.0824. The molecule has 94 valence electrons. The van der Waals surface area contributed by atoms with Gasteiger partial charge in [-0.15, -0.1) is 0 Å². The first-order valence-corrected chi connectivity index (χ1v) is 6.32. The number of hydrogen-bond donors (Lipinski definition) is 1. The first-order chi connectivity index (χ1) is 8.59. The van der Waals surface area contributed by atoms with Crippen molar-refractivity contribution in [1.29, 1.82) is 0 Å². The molecular formula is C14H17N3S. The minimum absolute atomic E-state index is 0.0824. The van der Waals surface area contributed by atoms with E-state index in [-0.39, 0.29) is 6.04 Å². The van der Waals surface area contributed by atoms with Crippen molar-refractivity contribution in [2.24, 2.45) is 5.73 Å². The molecule has 1 aromatic heterocycles. The monoisotopic (exact) mass is 259 g/mol.